The van der Waals surface area contributed by atoms with Crippen LogP contribution in [0.1, 0.15) is 15.9 Å². The van der Waals surface area contributed by atoms with E-state index < -0.39 is 11.5 Å². The number of carbonyl (C=O) groups excluding carboxylic acids is 1. The summed E-state index contributed by atoms with van der Waals surface area (Å²) in [4.78, 5) is 43.2. The quantitative estimate of drug-likeness (QED) is 0.356. The SMILES string of the molecule is COc1ccc2[nH]cc(C(=O)Cn3nc4n(Cc5ccc(F)cc5)c(=O)c5ccccc5n4c3=O)c2c1. The fourth-order valence-corrected chi connectivity index (χ4v) is 4.56. The van der Waals surface area contributed by atoms with E-state index in [0.717, 1.165) is 10.2 Å². The van der Waals surface area contributed by atoms with E-state index in [0.29, 0.717) is 33.2 Å². The van der Waals surface area contributed by atoms with E-state index in [2.05, 4.69) is 10.1 Å². The second-order valence-electron chi connectivity index (χ2n) is 8.65. The summed E-state index contributed by atoms with van der Waals surface area (Å²) < 4.78 is 22.4. The van der Waals surface area contributed by atoms with Gasteiger partial charge in [0.15, 0.2) is 5.78 Å². The van der Waals surface area contributed by atoms with Gasteiger partial charge in [0.1, 0.15) is 18.1 Å². The summed E-state index contributed by atoms with van der Waals surface area (Å²) in [6, 6.07) is 17.8. The number of carbonyl (C=O) groups is 1. The van der Waals surface area contributed by atoms with Crippen LogP contribution in [0.3, 0.4) is 0 Å². The van der Waals surface area contributed by atoms with Crippen molar-refractivity contribution in [3.05, 3.63) is 111 Å². The summed E-state index contributed by atoms with van der Waals surface area (Å²) in [5, 5.41) is 5.39. The van der Waals surface area contributed by atoms with Crippen molar-refractivity contribution in [3.8, 4) is 5.75 Å². The minimum Gasteiger partial charge on any atom is -0.497 e. The number of aromatic amines is 1. The Morgan fingerprint density at radius 2 is 1.81 bits per heavy atom. The largest absolute Gasteiger partial charge is 0.497 e. The highest BCUT2D eigenvalue weighted by atomic mass is 19.1. The second kappa shape index (κ2) is 8.59. The highest BCUT2D eigenvalue weighted by Crippen LogP contribution is 2.24. The Morgan fingerprint density at radius 1 is 1.03 bits per heavy atom. The van der Waals surface area contributed by atoms with Crippen LogP contribution < -0.4 is 16.0 Å². The third-order valence-corrected chi connectivity index (χ3v) is 6.42. The van der Waals surface area contributed by atoms with Gasteiger partial charge in [-0.3, -0.25) is 14.2 Å². The number of halogens is 1. The number of ether oxygens (including phenoxy) is 1. The third-order valence-electron chi connectivity index (χ3n) is 6.42. The van der Waals surface area contributed by atoms with Crippen molar-refractivity contribution >= 4 is 33.4 Å². The summed E-state index contributed by atoms with van der Waals surface area (Å²) in [7, 11) is 1.54. The van der Waals surface area contributed by atoms with Crippen LogP contribution in [-0.2, 0) is 13.1 Å². The third kappa shape index (κ3) is 3.70. The number of nitrogens with zero attached hydrogens (tertiary/aromatic N) is 4. The summed E-state index contributed by atoms with van der Waals surface area (Å²) in [5.41, 5.74) is 1.30. The molecule has 0 atom stereocenters. The van der Waals surface area contributed by atoms with E-state index >= 15 is 0 Å². The van der Waals surface area contributed by atoms with Gasteiger partial charge in [-0.2, -0.15) is 0 Å². The highest BCUT2D eigenvalue weighted by molar-refractivity contribution is 6.08. The highest BCUT2D eigenvalue weighted by Gasteiger charge is 2.20. The molecule has 3 aromatic heterocycles. The zero-order valence-electron chi connectivity index (χ0n) is 19.6. The predicted octanol–water partition coefficient (Wildman–Crippen LogP) is 3.37. The Morgan fingerprint density at radius 3 is 2.59 bits per heavy atom. The molecule has 0 aliphatic carbocycles. The molecule has 184 valence electrons. The molecule has 0 aliphatic rings. The van der Waals surface area contributed by atoms with Gasteiger partial charge < -0.3 is 9.72 Å². The van der Waals surface area contributed by atoms with Gasteiger partial charge in [0.25, 0.3) is 5.56 Å². The first kappa shape index (κ1) is 22.5. The fraction of sp³-hybridized carbons (Fsp3) is 0.111. The Hall–Kier alpha value is -4.99. The Balaban J connectivity index is 1.49. The number of hydrogen-bond donors (Lipinski definition) is 1. The van der Waals surface area contributed by atoms with Crippen molar-refractivity contribution in [1.82, 2.24) is 23.7 Å². The molecule has 0 aliphatic heterocycles. The zero-order valence-corrected chi connectivity index (χ0v) is 19.6. The normalized spacial score (nSPS) is 11.5. The van der Waals surface area contributed by atoms with Crippen molar-refractivity contribution in [2.24, 2.45) is 0 Å². The molecule has 0 fully saturated rings. The van der Waals surface area contributed by atoms with Crippen molar-refractivity contribution in [2.45, 2.75) is 13.1 Å². The minimum absolute atomic E-state index is 0.0695. The number of aromatic nitrogens is 5. The number of benzene rings is 3. The molecule has 6 aromatic rings. The predicted molar refractivity (Wildman–Crippen MR) is 136 cm³/mol. The van der Waals surface area contributed by atoms with Gasteiger partial charge >= 0.3 is 5.69 Å². The van der Waals surface area contributed by atoms with Gasteiger partial charge in [-0.25, -0.2) is 18.3 Å². The number of rotatable bonds is 6. The summed E-state index contributed by atoms with van der Waals surface area (Å²) in [6.07, 6.45) is 1.59. The molecule has 0 spiro atoms. The van der Waals surface area contributed by atoms with Crippen molar-refractivity contribution in [2.75, 3.05) is 7.11 Å². The summed E-state index contributed by atoms with van der Waals surface area (Å²) in [6.45, 7) is -0.260. The van der Waals surface area contributed by atoms with Crippen LogP contribution in [0.15, 0.2) is 82.5 Å². The van der Waals surface area contributed by atoms with Gasteiger partial charge in [-0.05, 0) is 48.0 Å². The lowest BCUT2D eigenvalue weighted by molar-refractivity contribution is 0.0968. The molecule has 0 unspecified atom stereocenters. The van der Waals surface area contributed by atoms with E-state index in [1.165, 1.54) is 21.1 Å². The Kier molecular flexibility index (Phi) is 5.22. The van der Waals surface area contributed by atoms with Crippen LogP contribution in [0.2, 0.25) is 0 Å². The van der Waals surface area contributed by atoms with Crippen LogP contribution in [0.25, 0.3) is 27.6 Å². The number of hydrogen-bond acceptors (Lipinski definition) is 5. The monoisotopic (exact) mass is 497 g/mol. The van der Waals surface area contributed by atoms with Crippen molar-refractivity contribution < 1.29 is 13.9 Å². The zero-order chi connectivity index (χ0) is 25.7. The lowest BCUT2D eigenvalue weighted by Gasteiger charge is -2.09. The molecule has 37 heavy (non-hydrogen) atoms. The number of nitrogens with one attached hydrogen (secondary N) is 1. The standard InChI is InChI=1S/C27H20FN5O4/c1-37-18-10-11-22-20(12-18)21(13-29-22)24(34)15-32-27(36)33-23-5-3-2-4-19(23)25(35)31(26(33)30-32)14-16-6-8-17(28)9-7-16/h2-13,29H,14-15H2,1H3. The minimum atomic E-state index is -0.551. The van der Waals surface area contributed by atoms with Crippen molar-refractivity contribution in [3.63, 3.8) is 0 Å². The maximum Gasteiger partial charge on any atom is 0.352 e. The number of H-pyrrole nitrogens is 1. The molecule has 3 aromatic carbocycles. The van der Waals surface area contributed by atoms with E-state index in [-0.39, 0.29) is 30.2 Å². The van der Waals surface area contributed by atoms with E-state index in [4.69, 9.17) is 4.74 Å². The van der Waals surface area contributed by atoms with Gasteiger partial charge in [-0.1, -0.05) is 24.3 Å². The molecule has 3 heterocycles. The molecule has 9 nitrogen and oxygen atoms in total. The van der Waals surface area contributed by atoms with E-state index in [1.807, 2.05) is 6.07 Å². The Bertz CT molecular complexity index is 1950. The molecule has 10 heteroatoms. The number of fused-ring (bicyclic) bond motifs is 4. The molecule has 6 rings (SSSR count). The molecule has 0 saturated heterocycles. The smallest absolute Gasteiger partial charge is 0.352 e. The number of Topliss-reactive ketones (excluding diaryl/α,β-unsaturated/α-hetero) is 1. The van der Waals surface area contributed by atoms with Gasteiger partial charge in [-0.15, -0.1) is 5.10 Å². The maximum atomic E-state index is 13.5. The first-order valence-electron chi connectivity index (χ1n) is 11.5. The van der Waals surface area contributed by atoms with Crippen LogP contribution in [0, 0.1) is 5.82 Å². The van der Waals surface area contributed by atoms with Crippen LogP contribution >= 0.6 is 0 Å². The average molecular weight is 497 g/mol. The topological polar surface area (TPSA) is 103 Å². The van der Waals surface area contributed by atoms with Crippen LogP contribution in [0.5, 0.6) is 5.75 Å². The average Bonchev–Trinajstić information content (AvgIpc) is 3.48. The number of methoxy groups -OCH3 is 1. The first-order chi connectivity index (χ1) is 17.9. The molecular formula is C27H20FN5O4. The molecular weight excluding hydrogens is 477 g/mol. The second-order valence-corrected chi connectivity index (χ2v) is 8.65. The lowest BCUT2D eigenvalue weighted by Crippen LogP contribution is -2.27. The molecule has 0 radical (unpaired) electrons. The molecule has 0 amide bonds. The summed E-state index contributed by atoms with van der Waals surface area (Å²) in [5.74, 6) is -0.0378. The fourth-order valence-electron chi connectivity index (χ4n) is 4.56. The first-order valence-corrected chi connectivity index (χ1v) is 11.5. The summed E-state index contributed by atoms with van der Waals surface area (Å²) >= 11 is 0. The van der Waals surface area contributed by atoms with Crippen LogP contribution in [-0.4, -0.2) is 36.6 Å². The van der Waals surface area contributed by atoms with Crippen molar-refractivity contribution in [1.29, 1.82) is 0 Å². The number of ketones is 1. The van der Waals surface area contributed by atoms with E-state index in [9.17, 15) is 18.8 Å². The molecule has 1 N–H and O–H groups in total. The molecule has 0 saturated carbocycles. The molecule has 0 bridgehead atoms. The van der Waals surface area contributed by atoms with Gasteiger partial charge in [0, 0.05) is 22.7 Å². The van der Waals surface area contributed by atoms with E-state index in [1.54, 1.807) is 61.8 Å². The van der Waals surface area contributed by atoms with Crippen LogP contribution in [0.4, 0.5) is 4.39 Å². The maximum absolute atomic E-state index is 13.5. The Labute approximate surface area is 208 Å². The van der Waals surface area contributed by atoms with Gasteiger partial charge in [0.2, 0.25) is 5.78 Å². The van der Waals surface area contributed by atoms with Gasteiger partial charge in [0.05, 0.1) is 24.6 Å². The number of para-hydroxylation sites is 1. The lowest BCUT2D eigenvalue weighted by atomic mass is 10.1.